The van der Waals surface area contributed by atoms with E-state index >= 15 is 0 Å². The van der Waals surface area contributed by atoms with Gasteiger partial charge in [-0.15, -0.1) is 5.12 Å². The van der Waals surface area contributed by atoms with Gasteiger partial charge in [-0.05, 0) is 72.3 Å². The van der Waals surface area contributed by atoms with E-state index < -0.39 is 20.3 Å². The number of imide groups is 1. The molecule has 0 unspecified atom stereocenters. The first kappa shape index (κ1) is 34.0. The predicted octanol–water partition coefficient (Wildman–Crippen LogP) is 8.30. The smallest absolute Gasteiger partial charge is 0.416 e. The Kier molecular flexibility index (Phi) is 9.89. The van der Waals surface area contributed by atoms with Crippen molar-refractivity contribution in [3.05, 3.63) is 93.5 Å². The van der Waals surface area contributed by atoms with Crippen molar-refractivity contribution >= 4 is 43.3 Å². The van der Waals surface area contributed by atoms with Crippen molar-refractivity contribution in [1.29, 1.82) is 0 Å². The third-order valence-electron chi connectivity index (χ3n) is 9.83. The van der Waals surface area contributed by atoms with E-state index in [1.807, 2.05) is 54.6 Å². The molecule has 46 heavy (non-hydrogen) atoms. The van der Waals surface area contributed by atoms with Gasteiger partial charge in [0.25, 0.3) is 0 Å². The molecule has 10 heteroatoms. The monoisotopic (exact) mass is 662 g/mol. The lowest BCUT2D eigenvalue weighted by atomic mass is 9.85. The highest BCUT2D eigenvalue weighted by atomic mass is 35.5. The van der Waals surface area contributed by atoms with Crippen LogP contribution >= 0.6 is 11.6 Å². The lowest BCUT2D eigenvalue weighted by Crippen LogP contribution is -2.41. The first-order chi connectivity index (χ1) is 21.7. The van der Waals surface area contributed by atoms with Crippen LogP contribution < -0.4 is 10.4 Å². The molecule has 0 bridgehead atoms. The Balaban J connectivity index is 1.52. The number of hydrogen-bond donors (Lipinski definition) is 1. The van der Waals surface area contributed by atoms with E-state index in [0.29, 0.717) is 18.1 Å². The van der Waals surface area contributed by atoms with E-state index in [1.165, 1.54) is 4.90 Å². The number of aryl methyl sites for hydroxylation is 1. The van der Waals surface area contributed by atoms with Crippen LogP contribution in [0.2, 0.25) is 23.2 Å². The third-order valence-corrected chi connectivity index (χ3v) is 14.7. The molecule has 2 atom stereocenters. The van der Waals surface area contributed by atoms with Crippen LogP contribution in [0.25, 0.3) is 0 Å². The Morgan fingerprint density at radius 1 is 1.13 bits per heavy atom. The summed E-state index contributed by atoms with van der Waals surface area (Å²) in [7, 11) is -0.0537. The van der Waals surface area contributed by atoms with Crippen molar-refractivity contribution in [3.8, 4) is 0 Å². The number of amides is 2. The highest BCUT2D eigenvalue weighted by molar-refractivity contribution is 6.74. The summed E-state index contributed by atoms with van der Waals surface area (Å²) in [6.07, 6.45) is -0.0119. The van der Waals surface area contributed by atoms with Crippen LogP contribution in [-0.2, 0) is 27.0 Å². The summed E-state index contributed by atoms with van der Waals surface area (Å²) in [6, 6.07) is 19.9. The molecular weight excluding hydrogens is 616 g/mol. The van der Waals surface area contributed by atoms with E-state index in [-0.39, 0.29) is 30.0 Å². The third kappa shape index (κ3) is 6.83. The van der Waals surface area contributed by atoms with Crippen LogP contribution in [0.4, 0.5) is 16.2 Å². The van der Waals surface area contributed by atoms with Crippen molar-refractivity contribution in [1.82, 2.24) is 10.0 Å². The number of rotatable bonds is 10. The normalized spacial score (nSPS) is 17.6. The van der Waals surface area contributed by atoms with Gasteiger partial charge in [0.1, 0.15) is 6.61 Å². The van der Waals surface area contributed by atoms with Crippen molar-refractivity contribution in [3.63, 3.8) is 0 Å². The molecule has 1 fully saturated rings. The van der Waals surface area contributed by atoms with Gasteiger partial charge in [-0.2, -0.15) is 0 Å². The Hall–Kier alpha value is -3.37. The summed E-state index contributed by atoms with van der Waals surface area (Å²) < 4.78 is 12.0. The number of carbonyl (C=O) groups excluding carboxylic acids is 2. The number of fused-ring (bicyclic) bond motifs is 1. The molecule has 3 aromatic carbocycles. The predicted molar refractivity (Wildman–Crippen MR) is 188 cm³/mol. The van der Waals surface area contributed by atoms with Gasteiger partial charge in [0.05, 0.1) is 29.0 Å². The molecular formula is C36H47ClN4O4Si. The quantitative estimate of drug-likeness (QED) is 0.219. The first-order valence-corrected chi connectivity index (χ1v) is 19.4. The van der Waals surface area contributed by atoms with Crippen LogP contribution in [0, 0.1) is 6.92 Å². The van der Waals surface area contributed by atoms with Crippen molar-refractivity contribution in [2.45, 2.75) is 84.2 Å². The minimum Gasteiger partial charge on any atom is -0.447 e. The number of hydrazine groups is 2. The Labute approximate surface area is 279 Å². The summed E-state index contributed by atoms with van der Waals surface area (Å²) >= 11 is 7.18. The number of hydrogen-bond acceptors (Lipinski definition) is 7. The van der Waals surface area contributed by atoms with Crippen LogP contribution in [-0.4, -0.2) is 56.6 Å². The Bertz CT molecular complexity index is 1590. The minimum atomic E-state index is -2.00. The highest BCUT2D eigenvalue weighted by Gasteiger charge is 2.40. The number of nitrogens with zero attached hydrogens (tertiary/aromatic N) is 3. The maximum Gasteiger partial charge on any atom is 0.416 e. The summed E-state index contributed by atoms with van der Waals surface area (Å²) in [6.45, 7) is 16.8. The van der Waals surface area contributed by atoms with Gasteiger partial charge < -0.3 is 9.16 Å². The number of cyclic esters (lactones) is 1. The second-order valence-electron chi connectivity index (χ2n) is 13.9. The van der Waals surface area contributed by atoms with E-state index in [1.54, 1.807) is 0 Å². The van der Waals surface area contributed by atoms with Crippen molar-refractivity contribution < 1.29 is 18.8 Å². The fourth-order valence-electron chi connectivity index (χ4n) is 5.96. The summed E-state index contributed by atoms with van der Waals surface area (Å²) in [5.74, 6) is -0.698. The number of nitrogens with one attached hydrogen (secondary N) is 1. The molecule has 0 aliphatic carbocycles. The van der Waals surface area contributed by atoms with Gasteiger partial charge in [0.15, 0.2) is 8.32 Å². The van der Waals surface area contributed by atoms with Gasteiger partial charge in [-0.1, -0.05) is 87.0 Å². The van der Waals surface area contributed by atoms with E-state index in [2.05, 4.69) is 76.3 Å². The molecule has 8 nitrogen and oxygen atoms in total. The van der Waals surface area contributed by atoms with E-state index in [9.17, 15) is 9.59 Å². The fraction of sp³-hybridized carbons (Fsp3) is 0.444. The maximum absolute atomic E-state index is 14.2. The summed E-state index contributed by atoms with van der Waals surface area (Å²) in [4.78, 5) is 28.4. The first-order valence-electron chi connectivity index (χ1n) is 16.1. The van der Waals surface area contributed by atoms with E-state index in [4.69, 9.17) is 20.8 Å². The zero-order valence-corrected chi connectivity index (χ0v) is 30.1. The van der Waals surface area contributed by atoms with Gasteiger partial charge in [0, 0.05) is 25.9 Å². The number of benzene rings is 3. The molecule has 2 aliphatic heterocycles. The fourth-order valence-corrected chi connectivity index (χ4v) is 7.24. The molecule has 2 amide bonds. The molecule has 5 rings (SSSR count). The van der Waals surface area contributed by atoms with Gasteiger partial charge >= 0.3 is 6.09 Å². The highest BCUT2D eigenvalue weighted by Crippen LogP contribution is 2.45. The maximum atomic E-state index is 14.2. The number of carbonyl (C=O) groups is 2. The summed E-state index contributed by atoms with van der Waals surface area (Å²) in [5, 5.41) is 4.65. The second kappa shape index (κ2) is 13.4. The van der Waals surface area contributed by atoms with Crippen LogP contribution in [0.3, 0.4) is 0 Å². The molecule has 0 aromatic heterocycles. The van der Waals surface area contributed by atoms with E-state index in [0.717, 1.165) is 45.7 Å². The van der Waals surface area contributed by atoms with Gasteiger partial charge in [0.2, 0.25) is 5.91 Å². The average molecular weight is 663 g/mol. The molecule has 1 saturated heterocycles. The molecule has 2 heterocycles. The largest absolute Gasteiger partial charge is 0.447 e. The SMILES string of the molecule is CCN1c2ccc([C@@H](CC(=O)N3C(=O)OC[C@H]3Cc3ccccc3)c3ccc(C)c(CO[Si](C)(C)C(C)(C)C)c3)c(Cl)c2NN1C. The minimum absolute atomic E-state index is 0.0534. The molecule has 246 valence electrons. The van der Waals surface area contributed by atoms with Crippen LogP contribution in [0.5, 0.6) is 0 Å². The van der Waals surface area contributed by atoms with Gasteiger partial charge in [-0.3, -0.25) is 15.2 Å². The zero-order chi connectivity index (χ0) is 33.4. The Morgan fingerprint density at radius 3 is 2.52 bits per heavy atom. The van der Waals surface area contributed by atoms with Crippen molar-refractivity contribution in [2.75, 3.05) is 30.6 Å². The topological polar surface area (TPSA) is 74.4 Å². The van der Waals surface area contributed by atoms with Gasteiger partial charge in [-0.25, -0.2) is 9.69 Å². The number of ether oxygens (including phenoxy) is 1. The lowest BCUT2D eigenvalue weighted by Gasteiger charge is -2.36. The van der Waals surface area contributed by atoms with Crippen LogP contribution in [0.1, 0.15) is 67.9 Å². The standard InChI is InChI=1S/C36H47ClN4O4Si/c1-9-40-31-18-17-29(33(37)34(31)38-39(40)6)30(26-16-15-24(2)27(20-26)22-45-46(7,8)36(3,4)5)21-32(42)41-28(23-44-35(41)43)19-25-13-11-10-12-14-25/h10-18,20,28,30,38H,9,19,21-23H2,1-8H3/t28-,30+/m1/s1. The molecule has 0 saturated carbocycles. The molecule has 0 radical (unpaired) electrons. The number of anilines is 2. The van der Waals surface area contributed by atoms with Crippen LogP contribution in [0.15, 0.2) is 60.7 Å². The second-order valence-corrected chi connectivity index (χ2v) is 19.1. The zero-order valence-electron chi connectivity index (χ0n) is 28.3. The molecule has 2 aliphatic rings. The number of halogens is 1. The van der Waals surface area contributed by atoms with Crippen molar-refractivity contribution in [2.24, 2.45) is 0 Å². The Morgan fingerprint density at radius 2 is 1.85 bits per heavy atom. The average Bonchev–Trinajstić information content (AvgIpc) is 3.54. The summed E-state index contributed by atoms with van der Waals surface area (Å²) in [5.41, 5.74) is 10.2. The molecule has 1 N–H and O–H groups in total. The molecule has 3 aromatic rings. The molecule has 0 spiro atoms. The lowest BCUT2D eigenvalue weighted by molar-refractivity contribution is -0.129.